The van der Waals surface area contributed by atoms with Crippen molar-refractivity contribution in [1.82, 2.24) is 0 Å². The van der Waals surface area contributed by atoms with Gasteiger partial charge in [0.15, 0.2) is 22.8 Å². The number of fused-ring (bicyclic) bond motifs is 5. The normalized spacial score (nSPS) is 44.4. The highest BCUT2D eigenvalue weighted by atomic mass is 35.5. The lowest BCUT2D eigenvalue weighted by Gasteiger charge is -2.62. The number of allylic oxidation sites excluding steroid dienone is 4. The molecule has 4 aliphatic carbocycles. The van der Waals surface area contributed by atoms with Crippen molar-refractivity contribution < 1.29 is 28.6 Å². The first-order valence-electron chi connectivity index (χ1n) is 11.8. The van der Waals surface area contributed by atoms with Crippen LogP contribution in [-0.2, 0) is 19.1 Å². The summed E-state index contributed by atoms with van der Waals surface area (Å²) in [5.74, 6) is -2.22. The minimum atomic E-state index is -1.99. The predicted octanol–water partition coefficient (Wildman–Crippen LogP) is 4.49. The molecule has 182 valence electrons. The summed E-state index contributed by atoms with van der Waals surface area (Å²) in [6, 6.07) is 0. The topological polar surface area (TPSA) is 80.7 Å². The highest BCUT2D eigenvalue weighted by molar-refractivity contribution is 6.29. The predicted molar refractivity (Wildman–Crippen MR) is 122 cm³/mol. The maximum Gasteiger partial charge on any atom is 0.312 e. The number of ketones is 2. The van der Waals surface area contributed by atoms with Crippen LogP contribution in [0.2, 0.25) is 0 Å². The number of aliphatic hydroxyl groups is 1. The zero-order valence-corrected chi connectivity index (χ0v) is 20.8. The van der Waals surface area contributed by atoms with Crippen molar-refractivity contribution in [1.29, 1.82) is 0 Å². The van der Waals surface area contributed by atoms with Crippen LogP contribution in [0, 0.1) is 28.1 Å². The van der Waals surface area contributed by atoms with Crippen LogP contribution in [0.4, 0.5) is 4.39 Å². The molecule has 0 aromatic heterocycles. The maximum absolute atomic E-state index is 17.2. The van der Waals surface area contributed by atoms with E-state index in [1.165, 1.54) is 12.2 Å². The molecule has 0 spiro atoms. The number of carbonyl (C=O) groups excluding carboxylic acids is 3. The Balaban J connectivity index is 1.80. The first-order chi connectivity index (χ1) is 15.2. The van der Waals surface area contributed by atoms with E-state index in [4.69, 9.17) is 16.3 Å². The monoisotopic (exact) mass is 480 g/mol. The fourth-order valence-electron chi connectivity index (χ4n) is 7.30. The molecule has 5 nitrogen and oxygen atoms in total. The van der Waals surface area contributed by atoms with Crippen LogP contribution in [-0.4, -0.2) is 45.9 Å². The summed E-state index contributed by atoms with van der Waals surface area (Å²) in [6.45, 7) is 8.76. The van der Waals surface area contributed by atoms with Gasteiger partial charge in [0.1, 0.15) is 0 Å². The molecule has 7 heteroatoms. The molecule has 7 atom stereocenters. The Labute approximate surface area is 199 Å². The van der Waals surface area contributed by atoms with Crippen molar-refractivity contribution >= 4 is 29.1 Å². The molecule has 0 radical (unpaired) electrons. The Bertz CT molecular complexity index is 966. The zero-order chi connectivity index (χ0) is 24.6. The first-order valence-corrected chi connectivity index (χ1v) is 12.3. The number of hydrogen-bond acceptors (Lipinski definition) is 5. The summed E-state index contributed by atoms with van der Waals surface area (Å²) in [4.78, 5) is 38.2. The highest BCUT2D eigenvalue weighted by Gasteiger charge is 2.75. The van der Waals surface area contributed by atoms with E-state index in [0.717, 1.165) is 0 Å². The molecule has 0 aliphatic heterocycles. The van der Waals surface area contributed by atoms with Gasteiger partial charge in [0, 0.05) is 16.7 Å². The molecular formula is C26H34ClFO5. The molecular weight excluding hydrogens is 447 g/mol. The van der Waals surface area contributed by atoms with E-state index in [-0.39, 0.29) is 30.4 Å². The summed E-state index contributed by atoms with van der Waals surface area (Å²) < 4.78 is 23.2. The molecule has 0 heterocycles. The van der Waals surface area contributed by atoms with Gasteiger partial charge in [0.05, 0.1) is 17.4 Å². The molecule has 0 amide bonds. The maximum atomic E-state index is 17.2. The van der Waals surface area contributed by atoms with Crippen LogP contribution in [0.5, 0.6) is 0 Å². The van der Waals surface area contributed by atoms with Crippen molar-refractivity contribution in [2.24, 2.45) is 28.1 Å². The van der Waals surface area contributed by atoms with Gasteiger partial charge in [0.2, 0.25) is 0 Å². The first kappa shape index (κ1) is 24.6. The molecule has 3 fully saturated rings. The number of carbonyl (C=O) groups is 3. The van der Waals surface area contributed by atoms with Crippen LogP contribution in [0.15, 0.2) is 23.8 Å². The SMILES string of the molecule is CC(C)(C)C(=O)O[C@]1(C(=O)CCl)CC[C@H]2[C@@H]3CCC4=CC(=O)C=C[C@]4(C)[C@@]3(F)[C@@H](O)C[C@@]21C. The lowest BCUT2D eigenvalue weighted by Crippen LogP contribution is -2.69. The molecule has 0 unspecified atom stereocenters. The number of ether oxygens (including phenoxy) is 1. The lowest BCUT2D eigenvalue weighted by atomic mass is 9.44. The average Bonchev–Trinajstić information content (AvgIpc) is 3.01. The van der Waals surface area contributed by atoms with Crippen LogP contribution in [0.3, 0.4) is 0 Å². The molecule has 4 aliphatic rings. The Hall–Kier alpha value is -1.53. The molecule has 33 heavy (non-hydrogen) atoms. The third-order valence-electron chi connectivity index (χ3n) is 9.21. The standard InChI is InChI=1S/C26H34ClFO5/c1-22(2,3)21(32)33-25(20(31)14-27)11-9-17-18-7-6-15-12-16(29)8-10-23(15,4)26(18,28)19(30)13-24(17,25)5/h8,10,12,17-19,30H,6-7,9,11,13-14H2,1-5H3/t17-,18-,19-,23-,24-,25-,26-/m0/s1. The summed E-state index contributed by atoms with van der Waals surface area (Å²) in [6.07, 6.45) is 4.81. The fraction of sp³-hybridized carbons (Fsp3) is 0.731. The number of aliphatic hydroxyl groups excluding tert-OH is 1. The average molecular weight is 481 g/mol. The number of alkyl halides is 2. The smallest absolute Gasteiger partial charge is 0.312 e. The van der Waals surface area contributed by atoms with Crippen molar-refractivity contribution in [3.8, 4) is 0 Å². The minimum absolute atomic E-state index is 0.0324. The number of esters is 1. The largest absolute Gasteiger partial charge is 0.450 e. The van der Waals surface area contributed by atoms with E-state index < -0.39 is 51.3 Å². The van der Waals surface area contributed by atoms with Gasteiger partial charge in [-0.3, -0.25) is 14.4 Å². The van der Waals surface area contributed by atoms with Gasteiger partial charge >= 0.3 is 5.97 Å². The summed E-state index contributed by atoms with van der Waals surface area (Å²) >= 11 is 6.01. The lowest BCUT2D eigenvalue weighted by molar-refractivity contribution is -0.226. The summed E-state index contributed by atoms with van der Waals surface area (Å²) in [5.41, 5.74) is -5.67. The quantitative estimate of drug-likeness (QED) is 0.475. The Morgan fingerprint density at radius 2 is 1.91 bits per heavy atom. The van der Waals surface area contributed by atoms with Crippen molar-refractivity contribution in [2.45, 2.75) is 84.1 Å². The molecule has 4 rings (SSSR count). The van der Waals surface area contributed by atoms with E-state index in [9.17, 15) is 19.5 Å². The van der Waals surface area contributed by atoms with E-state index in [2.05, 4.69) is 0 Å². The fourth-order valence-corrected chi connectivity index (χ4v) is 7.52. The van der Waals surface area contributed by atoms with Crippen molar-refractivity contribution in [3.05, 3.63) is 23.8 Å². The number of rotatable bonds is 3. The van der Waals surface area contributed by atoms with Gasteiger partial charge in [-0.2, -0.15) is 0 Å². The van der Waals surface area contributed by atoms with Gasteiger partial charge in [0.25, 0.3) is 0 Å². The third-order valence-corrected chi connectivity index (χ3v) is 9.45. The molecule has 0 aromatic rings. The van der Waals surface area contributed by atoms with Crippen LogP contribution >= 0.6 is 11.6 Å². The van der Waals surface area contributed by atoms with Gasteiger partial charge in [-0.25, -0.2) is 4.39 Å². The Morgan fingerprint density at radius 3 is 2.52 bits per heavy atom. The minimum Gasteiger partial charge on any atom is -0.450 e. The number of halogens is 2. The third kappa shape index (κ3) is 3.09. The summed E-state index contributed by atoms with van der Waals surface area (Å²) in [7, 11) is 0. The second-order valence-electron chi connectivity index (χ2n) is 11.8. The molecule has 1 N–H and O–H groups in total. The zero-order valence-electron chi connectivity index (χ0n) is 20.0. The highest BCUT2D eigenvalue weighted by Crippen LogP contribution is 2.70. The second-order valence-corrected chi connectivity index (χ2v) is 12.1. The van der Waals surface area contributed by atoms with E-state index in [1.54, 1.807) is 33.8 Å². The molecule has 0 aromatic carbocycles. The second kappa shape index (κ2) is 7.48. The van der Waals surface area contributed by atoms with E-state index in [1.807, 2.05) is 6.92 Å². The number of Topliss-reactive ketones (excluding diaryl/α,β-unsaturated/α-hetero) is 1. The number of hydrogen-bond donors (Lipinski definition) is 1. The van der Waals surface area contributed by atoms with E-state index >= 15 is 4.39 Å². The van der Waals surface area contributed by atoms with Gasteiger partial charge < -0.3 is 9.84 Å². The van der Waals surface area contributed by atoms with Crippen LogP contribution in [0.25, 0.3) is 0 Å². The van der Waals surface area contributed by atoms with Crippen LogP contribution < -0.4 is 0 Å². The van der Waals surface area contributed by atoms with Crippen molar-refractivity contribution in [3.63, 3.8) is 0 Å². The Kier molecular flexibility index (Phi) is 5.58. The van der Waals surface area contributed by atoms with Gasteiger partial charge in [-0.1, -0.05) is 18.6 Å². The van der Waals surface area contributed by atoms with E-state index in [0.29, 0.717) is 24.8 Å². The van der Waals surface area contributed by atoms with Gasteiger partial charge in [-0.15, -0.1) is 11.6 Å². The Morgan fingerprint density at radius 1 is 1.24 bits per heavy atom. The van der Waals surface area contributed by atoms with Crippen LogP contribution in [0.1, 0.15) is 66.7 Å². The molecule has 0 saturated heterocycles. The molecule has 0 bridgehead atoms. The van der Waals surface area contributed by atoms with Gasteiger partial charge in [-0.05, 0) is 77.9 Å². The summed E-state index contributed by atoms with van der Waals surface area (Å²) in [5, 5.41) is 11.4. The molecule has 3 saturated carbocycles. The van der Waals surface area contributed by atoms with Crippen molar-refractivity contribution in [2.75, 3.05) is 5.88 Å².